The summed E-state index contributed by atoms with van der Waals surface area (Å²) in [6, 6.07) is 0.850. The average molecular weight is 265 g/mol. The molecule has 3 heterocycles. The molecule has 0 aromatic rings. The van der Waals surface area contributed by atoms with Gasteiger partial charge in [-0.1, -0.05) is 6.42 Å². The van der Waals surface area contributed by atoms with Crippen molar-refractivity contribution in [3.63, 3.8) is 0 Å². The van der Waals surface area contributed by atoms with Crippen LogP contribution < -0.4 is 5.32 Å². The predicted octanol–water partition coefficient (Wildman–Crippen LogP) is 1.22. The number of carbonyl (C=O) groups excluding carboxylic acids is 1. The molecular weight excluding hydrogens is 238 g/mol. The van der Waals surface area contributed by atoms with E-state index in [4.69, 9.17) is 0 Å². The lowest BCUT2D eigenvalue weighted by molar-refractivity contribution is -0.135. The Morgan fingerprint density at radius 2 is 1.63 bits per heavy atom. The number of nitrogens with zero attached hydrogens (tertiary/aromatic N) is 2. The van der Waals surface area contributed by atoms with Gasteiger partial charge >= 0.3 is 0 Å². The van der Waals surface area contributed by atoms with Crippen molar-refractivity contribution in [1.29, 1.82) is 0 Å². The molecular formula is C15H27N3O. The number of piperidine rings is 2. The fraction of sp³-hybridized carbons (Fsp3) is 0.933. The molecule has 4 heteroatoms. The van der Waals surface area contributed by atoms with Crippen LogP contribution in [0.15, 0.2) is 0 Å². The lowest BCUT2D eigenvalue weighted by Crippen LogP contribution is -2.52. The minimum absolute atomic E-state index is 0.108. The second-order valence-corrected chi connectivity index (χ2v) is 6.30. The second kappa shape index (κ2) is 6.23. The molecule has 3 aliphatic heterocycles. The van der Waals surface area contributed by atoms with E-state index in [0.29, 0.717) is 5.91 Å². The van der Waals surface area contributed by atoms with Crippen LogP contribution in [0.25, 0.3) is 0 Å². The Labute approximate surface area is 116 Å². The van der Waals surface area contributed by atoms with E-state index in [1.165, 1.54) is 51.6 Å². The van der Waals surface area contributed by atoms with E-state index >= 15 is 0 Å². The number of nitrogens with one attached hydrogen (secondary N) is 1. The van der Waals surface area contributed by atoms with Crippen molar-refractivity contribution >= 4 is 5.91 Å². The van der Waals surface area contributed by atoms with Gasteiger partial charge in [-0.2, -0.15) is 0 Å². The normalized spacial score (nSPS) is 30.7. The van der Waals surface area contributed by atoms with Gasteiger partial charge in [0.05, 0.1) is 6.04 Å². The SMILES string of the molecule is O=C(C1CCCCN1)N1CCC(N2CCCC2)CC1. The molecule has 0 saturated carbocycles. The summed E-state index contributed by atoms with van der Waals surface area (Å²) < 4.78 is 0. The molecule has 3 aliphatic rings. The average Bonchev–Trinajstić information content (AvgIpc) is 3.02. The van der Waals surface area contributed by atoms with Crippen molar-refractivity contribution in [2.24, 2.45) is 0 Å². The van der Waals surface area contributed by atoms with Crippen LogP contribution in [0.3, 0.4) is 0 Å². The molecule has 0 aromatic heterocycles. The summed E-state index contributed by atoms with van der Waals surface area (Å²) in [5, 5.41) is 3.38. The number of hydrogen-bond donors (Lipinski definition) is 1. The maximum absolute atomic E-state index is 12.4. The molecule has 0 aliphatic carbocycles. The summed E-state index contributed by atoms with van der Waals surface area (Å²) >= 11 is 0. The highest BCUT2D eigenvalue weighted by atomic mass is 16.2. The van der Waals surface area contributed by atoms with Crippen molar-refractivity contribution in [3.05, 3.63) is 0 Å². The molecule has 3 fully saturated rings. The Morgan fingerprint density at radius 1 is 0.895 bits per heavy atom. The van der Waals surface area contributed by atoms with E-state index in [9.17, 15) is 4.79 Å². The standard InChI is InChI=1S/C15H27N3O/c19-15(14-5-1-2-8-16-14)18-11-6-13(7-12-18)17-9-3-4-10-17/h13-14,16H,1-12H2. The van der Waals surface area contributed by atoms with Gasteiger partial charge in [0.15, 0.2) is 0 Å². The first-order chi connectivity index (χ1) is 9.34. The van der Waals surface area contributed by atoms with Crippen molar-refractivity contribution in [3.8, 4) is 0 Å². The van der Waals surface area contributed by atoms with Gasteiger partial charge in [-0.15, -0.1) is 0 Å². The maximum atomic E-state index is 12.4. The van der Waals surface area contributed by atoms with Crippen molar-refractivity contribution in [2.75, 3.05) is 32.7 Å². The lowest BCUT2D eigenvalue weighted by Gasteiger charge is -2.38. The van der Waals surface area contributed by atoms with Crippen LogP contribution in [0.4, 0.5) is 0 Å². The van der Waals surface area contributed by atoms with Crippen LogP contribution in [0.1, 0.15) is 44.9 Å². The van der Waals surface area contributed by atoms with Crippen LogP contribution in [0, 0.1) is 0 Å². The molecule has 1 amide bonds. The summed E-state index contributed by atoms with van der Waals surface area (Å²) in [7, 11) is 0. The summed E-state index contributed by atoms with van der Waals surface area (Å²) in [6.07, 6.45) is 8.55. The zero-order valence-electron chi connectivity index (χ0n) is 11.9. The third-order valence-electron chi connectivity index (χ3n) is 5.04. The summed E-state index contributed by atoms with van der Waals surface area (Å²) in [4.78, 5) is 17.2. The highest BCUT2D eigenvalue weighted by molar-refractivity contribution is 5.82. The molecule has 1 atom stereocenters. The summed E-state index contributed by atoms with van der Waals surface area (Å²) in [5.74, 6) is 0.361. The minimum atomic E-state index is 0.108. The first-order valence-corrected chi connectivity index (χ1v) is 8.11. The number of likely N-dealkylation sites (tertiary alicyclic amines) is 2. The van der Waals surface area contributed by atoms with E-state index in [1.807, 2.05) is 0 Å². The Balaban J connectivity index is 1.47. The van der Waals surface area contributed by atoms with Crippen LogP contribution in [0.5, 0.6) is 0 Å². The van der Waals surface area contributed by atoms with E-state index < -0.39 is 0 Å². The largest absolute Gasteiger partial charge is 0.341 e. The maximum Gasteiger partial charge on any atom is 0.239 e. The van der Waals surface area contributed by atoms with Gasteiger partial charge in [0, 0.05) is 19.1 Å². The van der Waals surface area contributed by atoms with E-state index in [1.54, 1.807) is 0 Å². The molecule has 19 heavy (non-hydrogen) atoms. The van der Waals surface area contributed by atoms with Crippen molar-refractivity contribution in [2.45, 2.75) is 57.0 Å². The molecule has 108 valence electrons. The molecule has 4 nitrogen and oxygen atoms in total. The zero-order chi connectivity index (χ0) is 13.1. The van der Waals surface area contributed by atoms with E-state index in [0.717, 1.165) is 32.1 Å². The third-order valence-corrected chi connectivity index (χ3v) is 5.04. The van der Waals surface area contributed by atoms with Gasteiger partial charge in [-0.05, 0) is 58.2 Å². The number of carbonyl (C=O) groups is 1. The minimum Gasteiger partial charge on any atom is -0.341 e. The Kier molecular flexibility index (Phi) is 4.38. The second-order valence-electron chi connectivity index (χ2n) is 6.30. The predicted molar refractivity (Wildman–Crippen MR) is 76.1 cm³/mol. The van der Waals surface area contributed by atoms with Gasteiger partial charge in [0.25, 0.3) is 0 Å². The van der Waals surface area contributed by atoms with Gasteiger partial charge in [-0.25, -0.2) is 0 Å². The summed E-state index contributed by atoms with van der Waals surface area (Å²) in [5.41, 5.74) is 0. The van der Waals surface area contributed by atoms with Crippen LogP contribution in [0.2, 0.25) is 0 Å². The zero-order valence-corrected chi connectivity index (χ0v) is 11.9. The first-order valence-electron chi connectivity index (χ1n) is 8.11. The molecule has 0 radical (unpaired) electrons. The molecule has 3 saturated heterocycles. The number of rotatable bonds is 2. The number of hydrogen-bond acceptors (Lipinski definition) is 3. The fourth-order valence-electron chi connectivity index (χ4n) is 3.84. The smallest absolute Gasteiger partial charge is 0.239 e. The molecule has 3 rings (SSSR count). The molecule has 1 unspecified atom stereocenters. The highest BCUT2D eigenvalue weighted by Crippen LogP contribution is 2.22. The topological polar surface area (TPSA) is 35.6 Å². The fourth-order valence-corrected chi connectivity index (χ4v) is 3.84. The van der Waals surface area contributed by atoms with Crippen LogP contribution in [-0.4, -0.2) is 60.5 Å². The van der Waals surface area contributed by atoms with Crippen molar-refractivity contribution < 1.29 is 4.79 Å². The van der Waals surface area contributed by atoms with Gasteiger partial charge in [0.1, 0.15) is 0 Å². The molecule has 1 N–H and O–H groups in total. The van der Waals surface area contributed by atoms with Gasteiger partial charge in [-0.3, -0.25) is 4.79 Å². The van der Waals surface area contributed by atoms with Crippen LogP contribution in [-0.2, 0) is 4.79 Å². The lowest BCUT2D eigenvalue weighted by atomic mass is 10.00. The van der Waals surface area contributed by atoms with Gasteiger partial charge < -0.3 is 15.1 Å². The monoisotopic (exact) mass is 265 g/mol. The van der Waals surface area contributed by atoms with Crippen molar-refractivity contribution in [1.82, 2.24) is 15.1 Å². The molecule has 0 bridgehead atoms. The third kappa shape index (κ3) is 3.11. The molecule has 0 spiro atoms. The Hall–Kier alpha value is -0.610. The summed E-state index contributed by atoms with van der Waals surface area (Å²) in [6.45, 7) is 5.52. The van der Waals surface area contributed by atoms with E-state index in [-0.39, 0.29) is 6.04 Å². The molecule has 0 aromatic carbocycles. The quantitative estimate of drug-likeness (QED) is 0.815. The Morgan fingerprint density at radius 3 is 2.26 bits per heavy atom. The highest BCUT2D eigenvalue weighted by Gasteiger charge is 2.31. The number of amides is 1. The van der Waals surface area contributed by atoms with Gasteiger partial charge in [0.2, 0.25) is 5.91 Å². The van der Waals surface area contributed by atoms with Crippen LogP contribution >= 0.6 is 0 Å². The van der Waals surface area contributed by atoms with E-state index in [2.05, 4.69) is 15.1 Å². The Bertz CT molecular complexity index is 301. The first kappa shape index (κ1) is 13.4.